The zero-order valence-corrected chi connectivity index (χ0v) is 32.6. The number of nitrogens with one attached hydrogen (secondary N) is 1. The van der Waals surface area contributed by atoms with Gasteiger partial charge >= 0.3 is 11.9 Å². The molecule has 6 N–H and O–H groups in total. The second-order valence-corrected chi connectivity index (χ2v) is 15.5. The highest BCUT2D eigenvalue weighted by atomic mass is 35.5. The van der Waals surface area contributed by atoms with Gasteiger partial charge in [-0.05, 0) is 68.9 Å². The van der Waals surface area contributed by atoms with Gasteiger partial charge in [-0.15, -0.1) is 0 Å². The maximum absolute atomic E-state index is 14.2. The number of rotatable bonds is 6. The Morgan fingerprint density at radius 3 is 2.60 bits per heavy atom. The molecule has 0 saturated carbocycles. The molecule has 8 atom stereocenters. The SMILES string of the molecule is C=C1Oc2cc(OC)cc(C(=O)O[C@H]3COC(=O)C[C@H](N)c4cc(O)c(c(Cl)c4)O[C@@H]4CC=C3C3=CC=CC34O[C@@H]3OC(C)(C)[C@@H](N(C)C)[C@@H](O)[C@H]3O)c2NC1=O. The highest BCUT2D eigenvalue weighted by Gasteiger charge is 2.57. The highest BCUT2D eigenvalue weighted by Crippen LogP contribution is 2.50. The average Bonchev–Trinajstić information content (AvgIpc) is 3.57. The Kier molecular flexibility index (Phi) is 10.7. The molecule has 6 aliphatic rings. The monoisotopic (exact) mass is 809 g/mol. The number of likely N-dealkylation sites (N-methyl/N-ethyl adjacent to an activating group) is 1. The molecule has 0 spiro atoms. The number of carbonyl (C=O) groups is 3. The summed E-state index contributed by atoms with van der Waals surface area (Å²) >= 11 is 6.69. The third-order valence-electron chi connectivity index (χ3n) is 10.7. The number of phenols is 1. The van der Waals surface area contributed by atoms with Gasteiger partial charge < -0.3 is 64.4 Å². The fourth-order valence-electron chi connectivity index (χ4n) is 8.08. The number of amides is 1. The molecule has 16 nitrogen and oxygen atoms in total. The molecule has 4 aliphatic heterocycles. The molecular weight excluding hydrogens is 766 g/mol. The second-order valence-electron chi connectivity index (χ2n) is 15.1. The van der Waals surface area contributed by atoms with Gasteiger partial charge in [-0.25, -0.2) is 4.79 Å². The number of allylic oxidation sites excluding steroid dienone is 2. The van der Waals surface area contributed by atoms with Crippen molar-refractivity contribution in [2.45, 2.75) is 80.7 Å². The Morgan fingerprint density at radius 2 is 1.89 bits per heavy atom. The van der Waals surface area contributed by atoms with Crippen molar-refractivity contribution in [3.05, 3.63) is 88.2 Å². The average molecular weight is 810 g/mol. The lowest BCUT2D eigenvalue weighted by Gasteiger charge is -2.52. The van der Waals surface area contributed by atoms with Crippen LogP contribution in [0.4, 0.5) is 5.69 Å². The Hall–Kier alpha value is -4.94. The van der Waals surface area contributed by atoms with E-state index in [0.717, 1.165) is 0 Å². The number of hydrogen-bond donors (Lipinski definition) is 5. The lowest BCUT2D eigenvalue weighted by molar-refractivity contribution is -0.331. The predicted octanol–water partition coefficient (Wildman–Crippen LogP) is 3.19. The third-order valence-corrected chi connectivity index (χ3v) is 11.0. The molecule has 1 unspecified atom stereocenters. The molecule has 8 rings (SSSR count). The summed E-state index contributed by atoms with van der Waals surface area (Å²) in [5, 5.41) is 36.7. The first-order valence-corrected chi connectivity index (χ1v) is 18.5. The van der Waals surface area contributed by atoms with Crippen molar-refractivity contribution in [1.82, 2.24) is 4.90 Å². The first-order chi connectivity index (χ1) is 26.9. The second kappa shape index (κ2) is 15.1. The van der Waals surface area contributed by atoms with Crippen LogP contribution in [-0.2, 0) is 28.5 Å². The van der Waals surface area contributed by atoms with Gasteiger partial charge in [-0.2, -0.15) is 0 Å². The van der Waals surface area contributed by atoms with E-state index in [-0.39, 0.29) is 57.9 Å². The van der Waals surface area contributed by atoms with Crippen molar-refractivity contribution < 1.29 is 62.9 Å². The zero-order chi connectivity index (χ0) is 41.1. The Balaban J connectivity index is 1.32. The van der Waals surface area contributed by atoms with Gasteiger partial charge in [-0.1, -0.05) is 36.4 Å². The molecule has 57 heavy (non-hydrogen) atoms. The summed E-state index contributed by atoms with van der Waals surface area (Å²) in [7, 11) is 4.90. The molecule has 1 amide bonds. The molecule has 1 saturated heterocycles. The molecule has 1 fully saturated rings. The van der Waals surface area contributed by atoms with E-state index in [4.69, 9.17) is 50.5 Å². The minimum Gasteiger partial charge on any atom is -0.504 e. The van der Waals surface area contributed by atoms with Crippen LogP contribution in [0.25, 0.3) is 0 Å². The topological polar surface area (TPSA) is 218 Å². The van der Waals surface area contributed by atoms with E-state index in [1.165, 1.54) is 31.4 Å². The largest absolute Gasteiger partial charge is 0.504 e. The van der Waals surface area contributed by atoms with Gasteiger partial charge in [-0.3, -0.25) is 9.59 Å². The number of anilines is 1. The Bertz CT molecular complexity index is 2090. The number of hydrogen-bond acceptors (Lipinski definition) is 15. The minimum atomic E-state index is -1.66. The summed E-state index contributed by atoms with van der Waals surface area (Å²) in [5.74, 6) is -2.76. The van der Waals surface area contributed by atoms with Crippen molar-refractivity contribution in [3.8, 4) is 23.0 Å². The number of methoxy groups -OCH3 is 1. The fourth-order valence-corrected chi connectivity index (χ4v) is 8.34. The van der Waals surface area contributed by atoms with Gasteiger partial charge in [0.25, 0.3) is 5.91 Å². The van der Waals surface area contributed by atoms with E-state index >= 15 is 0 Å². The number of esters is 2. The maximum Gasteiger partial charge on any atom is 0.341 e. The first-order valence-electron chi connectivity index (χ1n) is 18.1. The van der Waals surface area contributed by atoms with Crippen LogP contribution in [0.3, 0.4) is 0 Å². The summed E-state index contributed by atoms with van der Waals surface area (Å²) < 4.78 is 42.5. The molecule has 2 aromatic rings. The number of aliphatic hydroxyl groups is 2. The summed E-state index contributed by atoms with van der Waals surface area (Å²) in [5.41, 5.74) is 4.51. The van der Waals surface area contributed by atoms with Crippen molar-refractivity contribution in [2.75, 3.05) is 33.1 Å². The predicted molar refractivity (Wildman–Crippen MR) is 203 cm³/mol. The first kappa shape index (κ1) is 40.3. The van der Waals surface area contributed by atoms with Crippen LogP contribution < -0.4 is 25.3 Å². The zero-order valence-electron chi connectivity index (χ0n) is 31.8. The van der Waals surface area contributed by atoms with Crippen LogP contribution in [0.15, 0.2) is 72.1 Å². The van der Waals surface area contributed by atoms with Crippen molar-refractivity contribution in [1.29, 1.82) is 0 Å². The highest BCUT2D eigenvalue weighted by molar-refractivity contribution is 6.32. The standard InChI is InChI=1S/C40H44ClN3O13/c1-18-36(49)43-31-22(14-20(51-6)15-27(31)53-18)37(50)54-28-17-52-30(46)16-25(42)19-12-24(41)34(26(45)13-19)55-29-10-9-21(28)23-8-7-11-40(23,29)57-38-33(48)32(47)35(44(4)5)39(2,3)56-38/h7-9,11-15,25,28-29,32-33,35,38,45,47-48H,1,10,16-17,42H2,2-6H3,(H,43,49)/t25-,28-,29+,32-,33+,35-,38-,40?/m0/s1. The van der Waals surface area contributed by atoms with Gasteiger partial charge in [0.15, 0.2) is 41.0 Å². The smallest absolute Gasteiger partial charge is 0.341 e. The van der Waals surface area contributed by atoms with Gasteiger partial charge in [0.1, 0.15) is 30.7 Å². The van der Waals surface area contributed by atoms with Gasteiger partial charge in [0.2, 0.25) is 0 Å². The maximum atomic E-state index is 14.2. The number of carbonyl (C=O) groups excluding carboxylic acids is 3. The lowest BCUT2D eigenvalue weighted by atomic mass is 9.77. The van der Waals surface area contributed by atoms with Crippen LogP contribution in [0.5, 0.6) is 23.0 Å². The number of benzene rings is 2. The Labute approximate surface area is 333 Å². The lowest BCUT2D eigenvalue weighted by Crippen LogP contribution is -2.68. The molecule has 2 aromatic carbocycles. The van der Waals surface area contributed by atoms with Gasteiger partial charge in [0, 0.05) is 18.5 Å². The normalized spacial score (nSPS) is 30.4. The van der Waals surface area contributed by atoms with Crippen LogP contribution in [0.1, 0.15) is 48.7 Å². The summed E-state index contributed by atoms with van der Waals surface area (Å²) in [6.07, 6.45) is -0.282. The van der Waals surface area contributed by atoms with E-state index < -0.39 is 78.4 Å². The molecule has 0 aromatic heterocycles. The van der Waals surface area contributed by atoms with Crippen LogP contribution in [-0.4, -0.2) is 114 Å². The molecule has 17 heteroatoms. The quantitative estimate of drug-likeness (QED) is 0.209. The molecule has 4 bridgehead atoms. The molecule has 0 radical (unpaired) electrons. The molecule has 2 aliphatic carbocycles. The van der Waals surface area contributed by atoms with Crippen molar-refractivity contribution >= 4 is 35.1 Å². The van der Waals surface area contributed by atoms with E-state index in [2.05, 4.69) is 11.9 Å². The number of aliphatic hydroxyl groups excluding tert-OH is 2. The molecule has 4 heterocycles. The van der Waals surface area contributed by atoms with E-state index in [0.29, 0.717) is 16.7 Å². The number of halogens is 1. The molecule has 304 valence electrons. The third kappa shape index (κ3) is 7.27. The van der Waals surface area contributed by atoms with Crippen LogP contribution in [0.2, 0.25) is 5.02 Å². The van der Waals surface area contributed by atoms with E-state index in [1.807, 2.05) is 0 Å². The number of fused-ring (bicyclic) bond motifs is 9. The number of nitrogens with zero attached hydrogens (tertiary/aromatic N) is 1. The number of ether oxygens (including phenoxy) is 7. The molecular formula is C40H44ClN3O13. The summed E-state index contributed by atoms with van der Waals surface area (Å²) in [6.45, 7) is 6.61. The number of phenolic OH excluding ortho intramolecular Hbond substituents is 1. The van der Waals surface area contributed by atoms with Crippen LogP contribution in [0, 0.1) is 0 Å². The van der Waals surface area contributed by atoms with Crippen molar-refractivity contribution in [3.63, 3.8) is 0 Å². The van der Waals surface area contributed by atoms with E-state index in [9.17, 15) is 29.7 Å². The fraction of sp³-hybridized carbons (Fsp3) is 0.425. The van der Waals surface area contributed by atoms with E-state index in [1.54, 1.807) is 57.1 Å². The number of nitrogens with two attached hydrogens (primary N) is 1. The Morgan fingerprint density at radius 1 is 1.14 bits per heavy atom. The van der Waals surface area contributed by atoms with Crippen LogP contribution >= 0.6 is 11.6 Å². The van der Waals surface area contributed by atoms with Gasteiger partial charge in [0.05, 0.1) is 41.4 Å². The summed E-state index contributed by atoms with van der Waals surface area (Å²) in [4.78, 5) is 41.9. The number of aromatic hydroxyl groups is 1. The van der Waals surface area contributed by atoms with Crippen molar-refractivity contribution in [2.24, 2.45) is 5.73 Å². The summed E-state index contributed by atoms with van der Waals surface area (Å²) in [6, 6.07) is 4.05. The minimum absolute atomic E-state index is 0.00525.